The van der Waals surface area contributed by atoms with Crippen molar-refractivity contribution in [2.45, 2.75) is 10.5 Å². The number of nitrogens with zero attached hydrogens (tertiary/aromatic N) is 5. The highest BCUT2D eigenvalue weighted by Crippen LogP contribution is 2.39. The fourth-order valence-electron chi connectivity index (χ4n) is 2.87. The first-order valence-electron chi connectivity index (χ1n) is 8.36. The molecule has 0 aliphatic carbocycles. The van der Waals surface area contributed by atoms with Crippen LogP contribution in [-0.2, 0) is 4.79 Å². The van der Waals surface area contributed by atoms with E-state index in [1.165, 1.54) is 17.8 Å². The van der Waals surface area contributed by atoms with Gasteiger partial charge in [-0.05, 0) is 28.6 Å². The highest BCUT2D eigenvalue weighted by molar-refractivity contribution is 8.00. The third-order valence-electron chi connectivity index (χ3n) is 4.15. The smallest absolute Gasteiger partial charge is 0.234 e. The number of carbonyl (C=O) groups excluding carboxylic acids is 1. The lowest BCUT2D eigenvalue weighted by molar-refractivity contribution is -0.128. The molecule has 1 unspecified atom stereocenters. The normalized spacial score (nSPS) is 16.6. The molecule has 0 bridgehead atoms. The minimum Gasteiger partial charge on any atom is -0.325 e. The molecule has 1 amide bonds. The third-order valence-corrected chi connectivity index (χ3v) is 6.30. The van der Waals surface area contributed by atoms with Crippen LogP contribution in [-0.4, -0.2) is 49.1 Å². The van der Waals surface area contributed by atoms with E-state index in [9.17, 15) is 9.18 Å². The fraction of sp³-hybridized carbons (Fsp3) is 0.222. The van der Waals surface area contributed by atoms with Crippen molar-refractivity contribution in [1.82, 2.24) is 25.1 Å². The first-order valence-corrected chi connectivity index (χ1v) is 10.4. The summed E-state index contributed by atoms with van der Waals surface area (Å²) in [5, 5.41) is 12.0. The van der Waals surface area contributed by atoms with Crippen molar-refractivity contribution >= 4 is 29.4 Å². The molecule has 0 N–H and O–H groups in total. The van der Waals surface area contributed by atoms with Crippen LogP contribution >= 0.6 is 23.5 Å². The number of thioether (sulfide) groups is 2. The van der Waals surface area contributed by atoms with Gasteiger partial charge in [0.05, 0.1) is 11.4 Å². The van der Waals surface area contributed by atoms with E-state index in [1.54, 1.807) is 39.5 Å². The number of hydrogen-bond acceptors (Lipinski definition) is 6. The largest absolute Gasteiger partial charge is 0.325 e. The number of benzene rings is 2. The lowest BCUT2D eigenvalue weighted by Gasteiger charge is -2.24. The molecule has 1 fully saturated rings. The van der Waals surface area contributed by atoms with Crippen molar-refractivity contribution in [3.05, 3.63) is 66.0 Å². The standard InChI is InChI=1S/C18H16FN5OS2/c19-15-9-5-4-8-14(15)17-23(10-11-26-17)16(25)12-27-18-20-21-22-24(18)13-6-2-1-3-7-13/h1-9,17H,10-12H2. The van der Waals surface area contributed by atoms with Gasteiger partial charge in [-0.15, -0.1) is 16.9 Å². The summed E-state index contributed by atoms with van der Waals surface area (Å²) in [6.45, 7) is 0.604. The molecule has 1 aliphatic rings. The van der Waals surface area contributed by atoms with Crippen LogP contribution in [0.2, 0.25) is 0 Å². The molecule has 2 aromatic carbocycles. The summed E-state index contributed by atoms with van der Waals surface area (Å²) < 4.78 is 15.7. The van der Waals surface area contributed by atoms with Gasteiger partial charge in [0, 0.05) is 17.9 Å². The Morgan fingerprint density at radius 3 is 2.78 bits per heavy atom. The summed E-state index contributed by atoms with van der Waals surface area (Å²) in [7, 11) is 0. The van der Waals surface area contributed by atoms with Gasteiger partial charge in [-0.2, -0.15) is 4.68 Å². The van der Waals surface area contributed by atoms with Gasteiger partial charge in [-0.3, -0.25) is 4.79 Å². The summed E-state index contributed by atoms with van der Waals surface area (Å²) in [6.07, 6.45) is 0. The summed E-state index contributed by atoms with van der Waals surface area (Å²) in [6, 6.07) is 16.1. The van der Waals surface area contributed by atoms with E-state index in [0.717, 1.165) is 11.4 Å². The maximum absolute atomic E-state index is 14.1. The quantitative estimate of drug-likeness (QED) is 0.612. The Balaban J connectivity index is 1.46. The summed E-state index contributed by atoms with van der Waals surface area (Å²) in [5.41, 5.74) is 1.38. The predicted octanol–water partition coefficient (Wildman–Crippen LogP) is 3.17. The number of rotatable bonds is 5. The molecule has 0 radical (unpaired) electrons. The number of tetrazole rings is 1. The lowest BCUT2D eigenvalue weighted by atomic mass is 10.2. The second kappa shape index (κ2) is 8.10. The maximum Gasteiger partial charge on any atom is 0.234 e. The first-order chi connectivity index (χ1) is 13.2. The first kappa shape index (κ1) is 18.0. The molecular weight excluding hydrogens is 385 g/mol. The molecule has 1 saturated heterocycles. The number of halogens is 1. The molecule has 6 nitrogen and oxygen atoms in total. The van der Waals surface area contributed by atoms with Crippen molar-refractivity contribution in [3.63, 3.8) is 0 Å². The summed E-state index contributed by atoms with van der Waals surface area (Å²) >= 11 is 2.86. The van der Waals surface area contributed by atoms with Gasteiger partial charge < -0.3 is 4.90 Å². The van der Waals surface area contributed by atoms with E-state index in [2.05, 4.69) is 15.5 Å². The molecule has 2 heterocycles. The van der Waals surface area contributed by atoms with Gasteiger partial charge in [-0.25, -0.2) is 4.39 Å². The van der Waals surface area contributed by atoms with Crippen LogP contribution in [0.1, 0.15) is 10.9 Å². The minimum atomic E-state index is -0.288. The number of hydrogen-bond donors (Lipinski definition) is 0. The van der Waals surface area contributed by atoms with Gasteiger partial charge in [-0.1, -0.05) is 48.2 Å². The maximum atomic E-state index is 14.1. The van der Waals surface area contributed by atoms with Crippen LogP contribution in [0.5, 0.6) is 0 Å². The summed E-state index contributed by atoms with van der Waals surface area (Å²) in [5.74, 6) is 0.645. The van der Waals surface area contributed by atoms with E-state index in [4.69, 9.17) is 0 Å². The van der Waals surface area contributed by atoms with Crippen molar-refractivity contribution in [3.8, 4) is 5.69 Å². The highest BCUT2D eigenvalue weighted by Gasteiger charge is 2.32. The van der Waals surface area contributed by atoms with E-state index < -0.39 is 0 Å². The zero-order valence-electron chi connectivity index (χ0n) is 14.2. The zero-order valence-corrected chi connectivity index (χ0v) is 15.9. The number of para-hydroxylation sites is 1. The number of amides is 1. The molecular formula is C18H16FN5OS2. The van der Waals surface area contributed by atoms with Gasteiger partial charge in [0.25, 0.3) is 0 Å². The minimum absolute atomic E-state index is 0.0548. The lowest BCUT2D eigenvalue weighted by Crippen LogP contribution is -2.32. The second-order valence-electron chi connectivity index (χ2n) is 5.83. The van der Waals surface area contributed by atoms with Crippen molar-refractivity contribution in [2.75, 3.05) is 18.1 Å². The van der Waals surface area contributed by atoms with Crippen LogP contribution in [0.3, 0.4) is 0 Å². The number of aromatic nitrogens is 4. The molecule has 1 aliphatic heterocycles. The highest BCUT2D eigenvalue weighted by atomic mass is 32.2. The Bertz CT molecular complexity index is 936. The Hall–Kier alpha value is -2.39. The average Bonchev–Trinajstić information content (AvgIpc) is 3.37. The topological polar surface area (TPSA) is 63.9 Å². The fourth-order valence-corrected chi connectivity index (χ4v) is 4.94. The Labute approximate surface area is 164 Å². The van der Waals surface area contributed by atoms with Gasteiger partial charge in [0.15, 0.2) is 0 Å². The molecule has 1 aromatic heterocycles. The van der Waals surface area contributed by atoms with Gasteiger partial charge in [0.2, 0.25) is 11.1 Å². The molecule has 138 valence electrons. The van der Waals surface area contributed by atoms with Crippen molar-refractivity contribution < 1.29 is 9.18 Å². The van der Waals surface area contributed by atoms with Crippen LogP contribution in [0.25, 0.3) is 5.69 Å². The molecule has 0 saturated carbocycles. The zero-order chi connectivity index (χ0) is 18.6. The second-order valence-corrected chi connectivity index (χ2v) is 7.96. The predicted molar refractivity (Wildman–Crippen MR) is 103 cm³/mol. The van der Waals surface area contributed by atoms with E-state index in [0.29, 0.717) is 17.3 Å². The van der Waals surface area contributed by atoms with E-state index in [-0.39, 0.29) is 22.9 Å². The van der Waals surface area contributed by atoms with Crippen LogP contribution in [0.4, 0.5) is 4.39 Å². The van der Waals surface area contributed by atoms with E-state index in [1.807, 2.05) is 30.3 Å². The summed E-state index contributed by atoms with van der Waals surface area (Å²) in [4.78, 5) is 14.5. The Morgan fingerprint density at radius 2 is 1.96 bits per heavy atom. The van der Waals surface area contributed by atoms with Crippen LogP contribution in [0, 0.1) is 5.82 Å². The molecule has 4 rings (SSSR count). The van der Waals surface area contributed by atoms with Crippen LogP contribution < -0.4 is 0 Å². The monoisotopic (exact) mass is 401 g/mol. The van der Waals surface area contributed by atoms with Gasteiger partial charge >= 0.3 is 0 Å². The SMILES string of the molecule is O=C(CSc1nnnn1-c1ccccc1)N1CCSC1c1ccccc1F. The Kier molecular flexibility index (Phi) is 5.40. The number of carbonyl (C=O) groups is 1. The third kappa shape index (κ3) is 3.84. The van der Waals surface area contributed by atoms with Crippen molar-refractivity contribution in [2.24, 2.45) is 0 Å². The molecule has 0 spiro atoms. The van der Waals surface area contributed by atoms with Crippen molar-refractivity contribution in [1.29, 1.82) is 0 Å². The van der Waals surface area contributed by atoms with E-state index >= 15 is 0 Å². The molecule has 27 heavy (non-hydrogen) atoms. The Morgan fingerprint density at radius 1 is 1.19 bits per heavy atom. The average molecular weight is 401 g/mol. The molecule has 1 atom stereocenters. The molecule has 9 heteroatoms. The van der Waals surface area contributed by atoms with Crippen LogP contribution in [0.15, 0.2) is 59.8 Å². The molecule has 3 aromatic rings. The van der Waals surface area contributed by atoms with Gasteiger partial charge in [0.1, 0.15) is 11.2 Å².